The van der Waals surface area contributed by atoms with Gasteiger partial charge in [0.05, 0.1) is 5.56 Å². The Balaban J connectivity index is 1.45. The molecule has 0 amide bonds. The minimum atomic E-state index is -1.08. The van der Waals surface area contributed by atoms with Gasteiger partial charge in [-0.1, -0.05) is 17.7 Å². The van der Waals surface area contributed by atoms with E-state index in [4.69, 9.17) is 29.5 Å². The highest BCUT2D eigenvalue weighted by molar-refractivity contribution is 5.89. The molecule has 2 aliphatic rings. The molecule has 5 atom stereocenters. The van der Waals surface area contributed by atoms with Crippen molar-refractivity contribution in [1.29, 1.82) is 0 Å². The van der Waals surface area contributed by atoms with Crippen LogP contribution in [0.5, 0.6) is 0 Å². The molecule has 0 bridgehead atoms. The van der Waals surface area contributed by atoms with E-state index in [1.54, 1.807) is 24.3 Å². The number of ether oxygens (including phenoxy) is 4. The zero-order valence-corrected chi connectivity index (χ0v) is 18.2. The maximum absolute atomic E-state index is 12.6. The molecule has 0 spiro atoms. The summed E-state index contributed by atoms with van der Waals surface area (Å²) in [6, 6.07) is 7.28. The van der Waals surface area contributed by atoms with Crippen LogP contribution in [-0.2, 0) is 28.6 Å². The third-order valence-corrected chi connectivity index (χ3v) is 5.15. The molecule has 2 aliphatic heterocycles. The summed E-state index contributed by atoms with van der Waals surface area (Å²) in [6.07, 6.45) is -3.45. The largest absolute Gasteiger partial charge is 0.509 e. The number of aryl methyl sites for hydroxylation is 1. The molecule has 0 radical (unpaired) electrons. The number of fused-ring (bicyclic) bond motifs is 1. The van der Waals surface area contributed by atoms with Crippen molar-refractivity contribution >= 4 is 23.9 Å². The van der Waals surface area contributed by atoms with Crippen LogP contribution in [0.1, 0.15) is 29.1 Å². The summed E-state index contributed by atoms with van der Waals surface area (Å²) in [5, 5.41) is 0. The number of nitrogens with one attached hydrogen (secondary N) is 1. The van der Waals surface area contributed by atoms with E-state index in [-0.39, 0.29) is 12.4 Å². The predicted octanol–water partition coefficient (Wildman–Crippen LogP) is 0.427. The second kappa shape index (κ2) is 9.49. The molecule has 13 heteroatoms. The molecule has 0 unspecified atom stereocenters. The van der Waals surface area contributed by atoms with Gasteiger partial charge in [0.2, 0.25) is 0 Å². The monoisotopic (exact) mass is 474 g/mol. The van der Waals surface area contributed by atoms with E-state index in [1.807, 2.05) is 6.92 Å². The van der Waals surface area contributed by atoms with Crippen molar-refractivity contribution < 1.29 is 38.2 Å². The fourth-order valence-corrected chi connectivity index (χ4v) is 3.37. The molecule has 0 aliphatic carbocycles. The fourth-order valence-electron chi connectivity index (χ4n) is 3.37. The molecular weight excluding hydrogens is 452 g/mol. The summed E-state index contributed by atoms with van der Waals surface area (Å²) in [7, 11) is 0. The van der Waals surface area contributed by atoms with Crippen LogP contribution in [0, 0.1) is 6.92 Å². The summed E-state index contributed by atoms with van der Waals surface area (Å²) >= 11 is 0. The van der Waals surface area contributed by atoms with Gasteiger partial charge in [-0.15, -0.1) is 0 Å². The Labute approximate surface area is 192 Å². The molecule has 2 fully saturated rings. The fraction of sp³-hybridized carbons (Fsp3) is 0.381. The second-order valence-electron chi connectivity index (χ2n) is 7.76. The van der Waals surface area contributed by atoms with E-state index >= 15 is 0 Å². The lowest BCUT2D eigenvalue weighted by Gasteiger charge is -2.18. The van der Waals surface area contributed by atoms with E-state index in [0.29, 0.717) is 5.56 Å². The van der Waals surface area contributed by atoms with E-state index in [1.165, 1.54) is 19.2 Å². The third kappa shape index (κ3) is 4.84. The minimum absolute atomic E-state index is 0.0481. The van der Waals surface area contributed by atoms with Gasteiger partial charge in [0.15, 0.2) is 24.3 Å². The van der Waals surface area contributed by atoms with Crippen LogP contribution in [0.2, 0.25) is 0 Å². The van der Waals surface area contributed by atoms with Crippen LogP contribution in [0.15, 0.2) is 41.3 Å². The molecular formula is C21H22N4O9. The second-order valence-corrected chi connectivity index (χ2v) is 7.76. The first-order valence-corrected chi connectivity index (χ1v) is 10.3. The van der Waals surface area contributed by atoms with Crippen molar-refractivity contribution in [2.24, 2.45) is 5.73 Å². The van der Waals surface area contributed by atoms with E-state index < -0.39 is 54.4 Å². The minimum Gasteiger partial charge on any atom is -0.459 e. The quantitative estimate of drug-likeness (QED) is 0.323. The normalized spacial score (nSPS) is 23.9. The van der Waals surface area contributed by atoms with Crippen molar-refractivity contribution in [1.82, 2.24) is 9.55 Å². The predicted molar refractivity (Wildman–Crippen MR) is 112 cm³/mol. The van der Waals surface area contributed by atoms with Gasteiger partial charge in [0.25, 0.3) is 0 Å². The number of aromatic nitrogens is 2. The maximum Gasteiger partial charge on any atom is 0.509 e. The van der Waals surface area contributed by atoms with Crippen LogP contribution in [0.25, 0.3) is 0 Å². The van der Waals surface area contributed by atoms with Crippen LogP contribution < -0.4 is 16.9 Å². The molecule has 13 nitrogen and oxygen atoms in total. The lowest BCUT2D eigenvalue weighted by molar-refractivity contribution is -0.141. The first kappa shape index (κ1) is 23.2. The lowest BCUT2D eigenvalue weighted by atomic mass is 10.1. The molecule has 4 rings (SSSR count). The van der Waals surface area contributed by atoms with E-state index in [0.717, 1.165) is 10.1 Å². The highest BCUT2D eigenvalue weighted by Gasteiger charge is 2.55. The summed E-state index contributed by atoms with van der Waals surface area (Å²) in [5.41, 5.74) is 8.18. The van der Waals surface area contributed by atoms with Gasteiger partial charge in [0, 0.05) is 12.3 Å². The Morgan fingerprint density at radius 3 is 2.56 bits per heavy atom. The average molecular weight is 474 g/mol. The molecule has 2 aromatic rings. The van der Waals surface area contributed by atoms with Crippen molar-refractivity contribution in [3.63, 3.8) is 0 Å². The Bertz CT molecular complexity index is 1150. The van der Waals surface area contributed by atoms with Crippen molar-refractivity contribution in [2.75, 3.05) is 12.1 Å². The van der Waals surface area contributed by atoms with Crippen LogP contribution in [0.3, 0.4) is 0 Å². The molecule has 1 aromatic carbocycles. The van der Waals surface area contributed by atoms with Gasteiger partial charge in [0.1, 0.15) is 18.8 Å². The first-order chi connectivity index (χ1) is 16.2. The highest BCUT2D eigenvalue weighted by Crippen LogP contribution is 2.37. The Morgan fingerprint density at radius 2 is 1.88 bits per heavy atom. The molecule has 3 N–H and O–H groups in total. The smallest absolute Gasteiger partial charge is 0.459 e. The number of anilines is 1. The maximum atomic E-state index is 12.6. The summed E-state index contributed by atoms with van der Waals surface area (Å²) in [6.45, 7) is 3.08. The summed E-state index contributed by atoms with van der Waals surface area (Å²) in [5.74, 6) is -1.37. The van der Waals surface area contributed by atoms with Crippen molar-refractivity contribution in [3.05, 3.63) is 58.1 Å². The number of esters is 1. The number of rotatable bonds is 7. The van der Waals surface area contributed by atoms with Gasteiger partial charge < -0.3 is 29.5 Å². The Kier molecular flexibility index (Phi) is 6.47. The molecule has 1 aromatic heterocycles. The zero-order valence-electron chi connectivity index (χ0n) is 18.2. The van der Waals surface area contributed by atoms with Crippen LogP contribution in [-0.4, -0.2) is 58.6 Å². The summed E-state index contributed by atoms with van der Waals surface area (Å²) in [4.78, 5) is 56.5. The number of benzene rings is 1. The SMILES string of the molecule is Cc1ccc(C(=O)OC[C@H]2O[C@@H](n3ccc(NOC(=O)[C@@H](C)N)nc3=O)[C@@H]3OC(=O)O[C@@H]32)cc1. The van der Waals surface area contributed by atoms with Crippen molar-refractivity contribution in [3.8, 4) is 0 Å². The Morgan fingerprint density at radius 1 is 1.18 bits per heavy atom. The molecule has 3 heterocycles. The standard InChI is InChI=1S/C21H22N4O9/c1-10-3-5-12(6-4-10)19(27)30-9-13-15-16(33-21(29)32-15)17(31-13)25-8-7-14(23-20(25)28)24-34-18(26)11(2)22/h3-8,11,13,15-17H,9,22H2,1-2H3,(H,23,24,28)/t11-,13-,15-,16-,17-/m1/s1. The van der Waals surface area contributed by atoms with Gasteiger partial charge in [-0.3, -0.25) is 4.57 Å². The highest BCUT2D eigenvalue weighted by atomic mass is 16.8. The van der Waals surface area contributed by atoms with Gasteiger partial charge in [-0.05, 0) is 26.0 Å². The van der Waals surface area contributed by atoms with Crippen LogP contribution in [0.4, 0.5) is 10.6 Å². The molecule has 2 saturated heterocycles. The molecule has 180 valence electrons. The first-order valence-electron chi connectivity index (χ1n) is 10.3. The van der Waals surface area contributed by atoms with E-state index in [2.05, 4.69) is 10.5 Å². The van der Waals surface area contributed by atoms with Gasteiger partial charge >= 0.3 is 23.8 Å². The Hall–Kier alpha value is -3.97. The van der Waals surface area contributed by atoms with Crippen molar-refractivity contribution in [2.45, 2.75) is 44.4 Å². The third-order valence-electron chi connectivity index (χ3n) is 5.15. The number of carbonyl (C=O) groups excluding carboxylic acids is 3. The van der Waals surface area contributed by atoms with Gasteiger partial charge in [-0.2, -0.15) is 4.98 Å². The van der Waals surface area contributed by atoms with Crippen LogP contribution >= 0.6 is 0 Å². The number of nitrogens with two attached hydrogens (primary N) is 1. The van der Waals surface area contributed by atoms with E-state index in [9.17, 15) is 19.2 Å². The molecule has 0 saturated carbocycles. The zero-order chi connectivity index (χ0) is 24.4. The lowest BCUT2D eigenvalue weighted by Crippen LogP contribution is -2.35. The number of hydrogen-bond donors (Lipinski definition) is 2. The summed E-state index contributed by atoms with van der Waals surface area (Å²) < 4.78 is 22.6. The molecule has 34 heavy (non-hydrogen) atoms. The topological polar surface area (TPSA) is 170 Å². The average Bonchev–Trinajstić information content (AvgIpc) is 3.34. The number of nitrogens with zero attached hydrogens (tertiary/aromatic N) is 2. The van der Waals surface area contributed by atoms with Gasteiger partial charge in [-0.25, -0.2) is 24.7 Å². The number of carbonyl (C=O) groups is 3. The number of hydrogen-bond acceptors (Lipinski definition) is 12.